The smallest absolute Gasteiger partial charge is 0.274 e. The molecule has 2 fully saturated rings. The third-order valence-corrected chi connectivity index (χ3v) is 7.43. The van der Waals surface area contributed by atoms with Crippen molar-refractivity contribution in [3.63, 3.8) is 0 Å². The third-order valence-electron chi connectivity index (χ3n) is 6.80. The number of nitrogens with one attached hydrogen (secondary N) is 2. The van der Waals surface area contributed by atoms with Gasteiger partial charge in [-0.25, -0.2) is 9.07 Å². The van der Waals surface area contributed by atoms with Crippen molar-refractivity contribution in [2.75, 3.05) is 18.4 Å². The van der Waals surface area contributed by atoms with Gasteiger partial charge in [0, 0.05) is 43.0 Å². The molecule has 2 bridgehead atoms. The molecule has 0 saturated carbocycles. The number of fused-ring (bicyclic) bond motifs is 2. The maximum Gasteiger partial charge on any atom is 0.274 e. The molecule has 2 aliphatic heterocycles. The Bertz CT molecular complexity index is 1560. The summed E-state index contributed by atoms with van der Waals surface area (Å²) in [6.45, 7) is 1.38. The predicted molar refractivity (Wildman–Crippen MR) is 142 cm³/mol. The largest absolute Gasteiger partial charge is 0.331 e. The minimum atomic E-state index is -0.584. The van der Waals surface area contributed by atoms with Crippen LogP contribution in [0.1, 0.15) is 27.3 Å². The zero-order valence-electron chi connectivity index (χ0n) is 19.9. The number of anilines is 1. The Morgan fingerprint density at radius 3 is 2.58 bits per heavy atom. The lowest BCUT2D eigenvalue weighted by Crippen LogP contribution is -2.46. The van der Waals surface area contributed by atoms with Crippen LogP contribution >= 0.6 is 23.2 Å². The molecule has 0 radical (unpaired) electrons. The highest BCUT2D eigenvalue weighted by Crippen LogP contribution is 2.34. The maximum atomic E-state index is 14.4. The molecule has 0 aliphatic carbocycles. The lowest BCUT2D eigenvalue weighted by Gasteiger charge is -2.26. The number of nitrogens with zero attached hydrogens (tertiary/aromatic N) is 4. The summed E-state index contributed by atoms with van der Waals surface area (Å²) in [4.78, 5) is 32.7. The summed E-state index contributed by atoms with van der Waals surface area (Å²) in [6.07, 6.45) is 2.35. The van der Waals surface area contributed by atoms with Gasteiger partial charge in [0.15, 0.2) is 5.69 Å². The SMILES string of the molecule is O=C(Nc1cc(C(=O)N2C[C@@H]3C[C@H]2CN3)nn1-c1ccccc1)c1cc(-c2ncccc2F)c(Cl)cc1Cl. The van der Waals surface area contributed by atoms with Crippen LogP contribution in [0.2, 0.25) is 10.0 Å². The van der Waals surface area contributed by atoms with E-state index in [4.69, 9.17) is 23.2 Å². The van der Waals surface area contributed by atoms with Crippen molar-refractivity contribution in [1.29, 1.82) is 0 Å². The van der Waals surface area contributed by atoms with Crippen LogP contribution in [0.4, 0.5) is 10.2 Å². The number of aromatic nitrogens is 3. The fourth-order valence-electron chi connectivity index (χ4n) is 4.97. The molecule has 11 heteroatoms. The van der Waals surface area contributed by atoms with E-state index in [1.54, 1.807) is 6.07 Å². The van der Waals surface area contributed by atoms with E-state index in [0.717, 1.165) is 13.0 Å². The van der Waals surface area contributed by atoms with Crippen LogP contribution in [-0.4, -0.2) is 56.7 Å². The van der Waals surface area contributed by atoms with E-state index in [2.05, 4.69) is 20.7 Å². The number of benzene rings is 2. The van der Waals surface area contributed by atoms with Crippen molar-refractivity contribution in [3.8, 4) is 16.9 Å². The fourth-order valence-corrected chi connectivity index (χ4v) is 5.53. The van der Waals surface area contributed by atoms with Crippen molar-refractivity contribution in [2.45, 2.75) is 18.5 Å². The van der Waals surface area contributed by atoms with Gasteiger partial charge in [0.1, 0.15) is 17.3 Å². The number of hydrogen-bond donors (Lipinski definition) is 2. The summed E-state index contributed by atoms with van der Waals surface area (Å²) in [5, 5.41) is 11.0. The predicted octanol–water partition coefficient (Wildman–Crippen LogP) is 4.82. The molecular formula is C27H21Cl2FN6O2. The summed E-state index contributed by atoms with van der Waals surface area (Å²) in [6, 6.07) is 16.6. The molecule has 38 heavy (non-hydrogen) atoms. The number of carbonyl (C=O) groups excluding carboxylic acids is 2. The van der Waals surface area contributed by atoms with Crippen LogP contribution in [0.25, 0.3) is 16.9 Å². The first-order valence-corrected chi connectivity index (χ1v) is 12.8. The lowest BCUT2D eigenvalue weighted by molar-refractivity contribution is 0.0709. The average Bonchev–Trinajstić information content (AvgIpc) is 3.66. The minimum absolute atomic E-state index is 0.000159. The molecular weight excluding hydrogens is 530 g/mol. The monoisotopic (exact) mass is 550 g/mol. The van der Waals surface area contributed by atoms with Crippen molar-refractivity contribution < 1.29 is 14.0 Å². The molecule has 2 N–H and O–H groups in total. The van der Waals surface area contributed by atoms with Gasteiger partial charge in [-0.15, -0.1) is 0 Å². The molecule has 0 unspecified atom stereocenters. The van der Waals surface area contributed by atoms with Crippen molar-refractivity contribution in [3.05, 3.63) is 94.0 Å². The normalized spacial score (nSPS) is 18.1. The number of pyridine rings is 1. The summed E-state index contributed by atoms with van der Waals surface area (Å²) in [5.41, 5.74) is 1.16. The Hall–Kier alpha value is -3.79. The van der Waals surface area contributed by atoms with Gasteiger partial charge < -0.3 is 15.5 Å². The summed E-state index contributed by atoms with van der Waals surface area (Å²) in [7, 11) is 0. The van der Waals surface area contributed by atoms with Gasteiger partial charge in [-0.2, -0.15) is 5.10 Å². The molecule has 0 spiro atoms. The number of halogens is 3. The van der Waals surface area contributed by atoms with Crippen LogP contribution in [0.3, 0.4) is 0 Å². The summed E-state index contributed by atoms with van der Waals surface area (Å²) >= 11 is 12.7. The Kier molecular flexibility index (Phi) is 6.35. The standard InChI is InChI=1S/C27H21Cl2FN6O2/c28-20-11-21(29)19(10-18(20)25-22(30)7-4-8-31-25)26(37)33-24-12-23(34-36(24)16-5-2-1-3-6-16)27(38)35-14-15-9-17(35)13-32-15/h1-8,10-12,15,17,32H,9,13-14H2,(H,33,37)/t15-,17-/m0/s1. The van der Waals surface area contributed by atoms with E-state index in [9.17, 15) is 14.0 Å². The van der Waals surface area contributed by atoms with Gasteiger partial charge in [-0.1, -0.05) is 41.4 Å². The number of carbonyl (C=O) groups is 2. The average molecular weight is 551 g/mol. The highest BCUT2D eigenvalue weighted by molar-refractivity contribution is 6.38. The highest BCUT2D eigenvalue weighted by Gasteiger charge is 2.41. The number of hydrogen-bond acceptors (Lipinski definition) is 5. The lowest BCUT2D eigenvalue weighted by atomic mass is 10.1. The number of rotatable bonds is 5. The first-order valence-electron chi connectivity index (χ1n) is 12.0. The van der Waals surface area contributed by atoms with Crippen LogP contribution in [0, 0.1) is 5.82 Å². The fraction of sp³-hybridized carbons (Fsp3) is 0.185. The second-order valence-corrected chi connectivity index (χ2v) is 10.0. The molecule has 2 aromatic heterocycles. The topological polar surface area (TPSA) is 92.2 Å². The van der Waals surface area contributed by atoms with Crippen LogP contribution in [-0.2, 0) is 0 Å². The van der Waals surface area contributed by atoms with Gasteiger partial charge in [0.05, 0.1) is 21.3 Å². The zero-order chi connectivity index (χ0) is 26.4. The van der Waals surface area contributed by atoms with E-state index in [0.29, 0.717) is 18.3 Å². The van der Waals surface area contributed by atoms with E-state index >= 15 is 0 Å². The summed E-state index contributed by atoms with van der Waals surface area (Å²) < 4.78 is 15.9. The van der Waals surface area contributed by atoms with Crippen LogP contribution in [0.15, 0.2) is 66.9 Å². The van der Waals surface area contributed by atoms with Gasteiger partial charge in [-0.05, 0) is 42.8 Å². The Morgan fingerprint density at radius 2 is 1.87 bits per heavy atom. The molecule has 2 saturated heterocycles. The van der Waals surface area contributed by atoms with E-state index < -0.39 is 11.7 Å². The van der Waals surface area contributed by atoms with Crippen molar-refractivity contribution in [2.24, 2.45) is 0 Å². The molecule has 192 valence electrons. The maximum absolute atomic E-state index is 14.4. The van der Waals surface area contributed by atoms with Gasteiger partial charge in [-0.3, -0.25) is 14.6 Å². The van der Waals surface area contributed by atoms with Gasteiger partial charge in [0.2, 0.25) is 0 Å². The van der Waals surface area contributed by atoms with Crippen molar-refractivity contribution >= 4 is 40.8 Å². The van der Waals surface area contributed by atoms with E-state index in [1.807, 2.05) is 35.2 Å². The number of likely N-dealkylation sites (tertiary alicyclic amines) is 1. The minimum Gasteiger partial charge on any atom is -0.331 e. The van der Waals surface area contributed by atoms with Gasteiger partial charge in [0.25, 0.3) is 11.8 Å². The van der Waals surface area contributed by atoms with Crippen molar-refractivity contribution in [1.82, 2.24) is 25.0 Å². The number of amides is 2. The second kappa shape index (κ2) is 9.83. The second-order valence-electron chi connectivity index (χ2n) is 9.21. The molecule has 2 amide bonds. The van der Waals surface area contributed by atoms with E-state index in [1.165, 1.54) is 35.1 Å². The third kappa shape index (κ3) is 4.42. The molecule has 4 aromatic rings. The Morgan fingerprint density at radius 1 is 1.05 bits per heavy atom. The summed E-state index contributed by atoms with van der Waals surface area (Å²) in [5.74, 6) is -1.07. The Balaban J connectivity index is 1.35. The molecule has 6 rings (SSSR count). The molecule has 2 atom stereocenters. The highest BCUT2D eigenvalue weighted by atomic mass is 35.5. The Labute approximate surface area is 227 Å². The molecule has 2 aliphatic rings. The first kappa shape index (κ1) is 24.5. The molecule has 2 aromatic carbocycles. The molecule has 4 heterocycles. The molecule has 8 nitrogen and oxygen atoms in total. The van der Waals surface area contributed by atoms with E-state index in [-0.39, 0.29) is 50.3 Å². The van der Waals surface area contributed by atoms with Crippen LogP contribution < -0.4 is 10.6 Å². The van der Waals surface area contributed by atoms with Gasteiger partial charge >= 0.3 is 0 Å². The van der Waals surface area contributed by atoms with Crippen LogP contribution in [0.5, 0.6) is 0 Å². The first-order chi connectivity index (χ1) is 18.4. The zero-order valence-corrected chi connectivity index (χ0v) is 21.4. The number of para-hydroxylation sites is 1. The quantitative estimate of drug-likeness (QED) is 0.371. The number of piperazine rings is 1.